The van der Waals surface area contributed by atoms with Crippen LogP contribution < -0.4 is 11.3 Å². The second kappa shape index (κ2) is 7.78. The van der Waals surface area contributed by atoms with Crippen LogP contribution in [-0.2, 0) is 11.2 Å². The third-order valence-corrected chi connectivity index (χ3v) is 3.25. The fourth-order valence-corrected chi connectivity index (χ4v) is 1.99. The van der Waals surface area contributed by atoms with E-state index in [9.17, 15) is 8.78 Å². The summed E-state index contributed by atoms with van der Waals surface area (Å²) in [5.74, 6) is 4.24. The van der Waals surface area contributed by atoms with Crippen molar-refractivity contribution >= 4 is 15.9 Å². The molecule has 0 saturated carbocycles. The van der Waals surface area contributed by atoms with Crippen molar-refractivity contribution in [3.05, 3.63) is 33.8 Å². The van der Waals surface area contributed by atoms with Gasteiger partial charge in [-0.15, -0.1) is 0 Å². The molecule has 0 amide bonds. The van der Waals surface area contributed by atoms with Gasteiger partial charge in [0.15, 0.2) is 0 Å². The summed E-state index contributed by atoms with van der Waals surface area (Å²) in [7, 11) is 0. The Hall–Kier alpha value is -0.560. The van der Waals surface area contributed by atoms with Crippen molar-refractivity contribution in [3.63, 3.8) is 0 Å². The van der Waals surface area contributed by atoms with Gasteiger partial charge in [-0.1, -0.05) is 0 Å². The molecular formula is C12H17BrF2N2O. The van der Waals surface area contributed by atoms with Crippen LogP contribution in [0.1, 0.15) is 18.9 Å². The van der Waals surface area contributed by atoms with Gasteiger partial charge in [-0.25, -0.2) is 8.78 Å². The maximum absolute atomic E-state index is 13.8. The van der Waals surface area contributed by atoms with Crippen LogP contribution in [0, 0.1) is 11.6 Å². The molecule has 0 fully saturated rings. The molecular weight excluding hydrogens is 306 g/mol. The average molecular weight is 323 g/mol. The van der Waals surface area contributed by atoms with Crippen molar-refractivity contribution in [2.24, 2.45) is 5.84 Å². The lowest BCUT2D eigenvalue weighted by Crippen LogP contribution is -2.38. The number of hydrazine groups is 1. The lowest BCUT2D eigenvalue weighted by molar-refractivity contribution is 0.136. The number of ether oxygens (including phenoxy) is 1. The average Bonchev–Trinajstić information content (AvgIpc) is 2.37. The summed E-state index contributed by atoms with van der Waals surface area (Å²) in [5.41, 5.74) is 2.59. The Kier molecular flexibility index (Phi) is 6.70. The van der Waals surface area contributed by atoms with Gasteiger partial charge >= 0.3 is 0 Å². The van der Waals surface area contributed by atoms with E-state index in [1.165, 1.54) is 12.1 Å². The number of nitrogens with two attached hydrogens (primary N) is 1. The van der Waals surface area contributed by atoms with Gasteiger partial charge in [0.05, 0.1) is 4.47 Å². The van der Waals surface area contributed by atoms with Crippen molar-refractivity contribution < 1.29 is 13.5 Å². The maximum atomic E-state index is 13.8. The molecule has 3 N–H and O–H groups in total. The molecule has 1 unspecified atom stereocenters. The van der Waals surface area contributed by atoms with E-state index in [0.29, 0.717) is 19.6 Å². The fourth-order valence-electron chi connectivity index (χ4n) is 1.62. The Morgan fingerprint density at radius 1 is 1.44 bits per heavy atom. The van der Waals surface area contributed by atoms with Crippen molar-refractivity contribution in [1.82, 2.24) is 5.43 Å². The molecule has 0 saturated heterocycles. The van der Waals surface area contributed by atoms with Crippen LogP contribution in [-0.4, -0.2) is 19.3 Å². The molecule has 0 aliphatic carbocycles. The summed E-state index contributed by atoms with van der Waals surface area (Å²) < 4.78 is 32.8. The normalized spacial score (nSPS) is 12.7. The highest BCUT2D eigenvalue weighted by atomic mass is 79.9. The molecule has 0 aliphatic rings. The number of rotatable bonds is 7. The quantitative estimate of drug-likeness (QED) is 0.351. The highest BCUT2D eigenvalue weighted by Crippen LogP contribution is 2.23. The van der Waals surface area contributed by atoms with E-state index in [4.69, 9.17) is 10.6 Å². The molecule has 0 aliphatic heterocycles. The largest absolute Gasteiger partial charge is 0.382 e. The monoisotopic (exact) mass is 322 g/mol. The molecule has 6 heteroatoms. The molecule has 1 rings (SSSR count). The lowest BCUT2D eigenvalue weighted by atomic mass is 10.0. The van der Waals surface area contributed by atoms with Crippen LogP contribution in [0.3, 0.4) is 0 Å². The van der Waals surface area contributed by atoms with Crippen molar-refractivity contribution in [3.8, 4) is 0 Å². The van der Waals surface area contributed by atoms with Gasteiger partial charge in [0, 0.05) is 24.8 Å². The number of hydrogen-bond donors (Lipinski definition) is 2. The second-order valence-corrected chi connectivity index (χ2v) is 4.73. The minimum Gasteiger partial charge on any atom is -0.382 e. The Labute approximate surface area is 114 Å². The Morgan fingerprint density at radius 2 is 2.17 bits per heavy atom. The van der Waals surface area contributed by atoms with Gasteiger partial charge in [0.2, 0.25) is 0 Å². The van der Waals surface area contributed by atoms with Crippen LogP contribution in [0.15, 0.2) is 16.6 Å². The molecule has 0 spiro atoms. The van der Waals surface area contributed by atoms with Crippen LogP contribution in [0.2, 0.25) is 0 Å². The zero-order valence-electron chi connectivity index (χ0n) is 10.2. The van der Waals surface area contributed by atoms with Gasteiger partial charge in [0.25, 0.3) is 0 Å². The first kappa shape index (κ1) is 15.5. The Balaban J connectivity index is 2.72. The number of nitrogens with one attached hydrogen (secondary N) is 1. The molecule has 0 aromatic heterocycles. The van der Waals surface area contributed by atoms with Crippen LogP contribution in [0.4, 0.5) is 8.78 Å². The SMILES string of the molecule is CCOCCC(Cc1c(F)ccc(Br)c1F)NN. The van der Waals surface area contributed by atoms with Gasteiger partial charge in [-0.2, -0.15) is 0 Å². The van der Waals surface area contributed by atoms with Gasteiger partial charge in [-0.3, -0.25) is 11.3 Å². The first-order valence-corrected chi connectivity index (χ1v) is 6.55. The second-order valence-electron chi connectivity index (χ2n) is 3.88. The maximum Gasteiger partial charge on any atom is 0.143 e. The zero-order valence-corrected chi connectivity index (χ0v) is 11.8. The minimum atomic E-state index is -0.577. The summed E-state index contributed by atoms with van der Waals surface area (Å²) in [6, 6.07) is 2.35. The Morgan fingerprint density at radius 3 is 2.78 bits per heavy atom. The Bertz CT molecular complexity index is 391. The third kappa shape index (κ3) is 4.28. The summed E-state index contributed by atoms with van der Waals surface area (Å²) in [4.78, 5) is 0. The molecule has 1 aromatic carbocycles. The van der Waals surface area contributed by atoms with Crippen LogP contribution in [0.25, 0.3) is 0 Å². The van der Waals surface area contributed by atoms with E-state index < -0.39 is 11.6 Å². The number of benzene rings is 1. The summed E-state index contributed by atoms with van der Waals surface area (Å²) in [5, 5.41) is 0. The highest BCUT2D eigenvalue weighted by Gasteiger charge is 2.17. The number of hydrogen-bond acceptors (Lipinski definition) is 3. The fraction of sp³-hybridized carbons (Fsp3) is 0.500. The zero-order chi connectivity index (χ0) is 13.5. The van der Waals surface area contributed by atoms with E-state index >= 15 is 0 Å². The minimum absolute atomic E-state index is 0.0313. The topological polar surface area (TPSA) is 47.3 Å². The first-order chi connectivity index (χ1) is 8.60. The molecule has 102 valence electrons. The van der Waals surface area contributed by atoms with Crippen molar-refractivity contribution in [2.75, 3.05) is 13.2 Å². The van der Waals surface area contributed by atoms with Gasteiger partial charge < -0.3 is 4.74 Å². The number of halogens is 3. The molecule has 3 nitrogen and oxygen atoms in total. The van der Waals surface area contributed by atoms with E-state index in [1.54, 1.807) is 0 Å². The highest BCUT2D eigenvalue weighted by molar-refractivity contribution is 9.10. The van der Waals surface area contributed by atoms with E-state index in [-0.39, 0.29) is 22.5 Å². The summed E-state index contributed by atoms with van der Waals surface area (Å²) in [6.07, 6.45) is 0.774. The van der Waals surface area contributed by atoms with Crippen LogP contribution in [0.5, 0.6) is 0 Å². The molecule has 0 heterocycles. The molecule has 0 bridgehead atoms. The molecule has 1 aromatic rings. The van der Waals surface area contributed by atoms with Crippen molar-refractivity contribution in [2.45, 2.75) is 25.8 Å². The summed E-state index contributed by atoms with van der Waals surface area (Å²) >= 11 is 3.04. The molecule has 0 radical (unpaired) electrons. The smallest absolute Gasteiger partial charge is 0.143 e. The van der Waals surface area contributed by atoms with Crippen LogP contribution >= 0.6 is 15.9 Å². The van der Waals surface area contributed by atoms with Gasteiger partial charge in [-0.05, 0) is 47.8 Å². The third-order valence-electron chi connectivity index (χ3n) is 2.64. The molecule has 18 heavy (non-hydrogen) atoms. The molecule has 1 atom stereocenters. The van der Waals surface area contributed by atoms with E-state index in [0.717, 1.165) is 0 Å². The standard InChI is InChI=1S/C12H17BrF2N2O/c1-2-18-6-5-8(17-16)7-9-11(14)4-3-10(13)12(9)15/h3-4,8,17H,2,5-7,16H2,1H3. The van der Waals surface area contributed by atoms with Gasteiger partial charge in [0.1, 0.15) is 11.6 Å². The lowest BCUT2D eigenvalue weighted by Gasteiger charge is -2.17. The first-order valence-electron chi connectivity index (χ1n) is 5.76. The van der Waals surface area contributed by atoms with Crippen molar-refractivity contribution in [1.29, 1.82) is 0 Å². The predicted molar refractivity (Wildman–Crippen MR) is 70.0 cm³/mol. The summed E-state index contributed by atoms with van der Waals surface area (Å²) in [6.45, 7) is 3.00. The van der Waals surface area contributed by atoms with E-state index in [1.807, 2.05) is 6.92 Å². The predicted octanol–water partition coefficient (Wildman–Crippen LogP) is 2.53. The van der Waals surface area contributed by atoms with E-state index in [2.05, 4.69) is 21.4 Å².